The van der Waals surface area contributed by atoms with Gasteiger partial charge in [-0.1, -0.05) is 6.92 Å². The quantitative estimate of drug-likeness (QED) is 0.631. The highest BCUT2D eigenvalue weighted by Gasteiger charge is 2.35. The molecule has 2 rings (SSSR count). The molecule has 27 heavy (non-hydrogen) atoms. The van der Waals surface area contributed by atoms with E-state index in [1.54, 1.807) is 0 Å². The Morgan fingerprint density at radius 2 is 1.89 bits per heavy atom. The third kappa shape index (κ3) is 4.76. The summed E-state index contributed by atoms with van der Waals surface area (Å²) in [7, 11) is 2.31. The maximum Gasteiger partial charge on any atom is 0.319 e. The van der Waals surface area contributed by atoms with Gasteiger partial charge in [0.15, 0.2) is 17.3 Å². The Morgan fingerprint density at radius 3 is 2.41 bits per heavy atom. The van der Waals surface area contributed by atoms with Crippen molar-refractivity contribution in [1.82, 2.24) is 10.2 Å². The number of amides is 2. The van der Waals surface area contributed by atoms with E-state index in [9.17, 15) is 18.4 Å². The molecule has 0 unspecified atom stereocenters. The average molecular weight is 387 g/mol. The van der Waals surface area contributed by atoms with Gasteiger partial charge in [-0.2, -0.15) is 4.39 Å². The molecule has 0 radical (unpaired) electrons. The van der Waals surface area contributed by atoms with Gasteiger partial charge in [0.05, 0.1) is 26.5 Å². The SMILES string of the molecule is CCN(CC(=O)O)C1CC(NC(=O)Nc2cc(F)c(OC)c(F)c2OC)C1. The van der Waals surface area contributed by atoms with Gasteiger partial charge in [0, 0.05) is 18.2 Å². The number of carbonyl (C=O) groups is 2. The maximum atomic E-state index is 14.2. The lowest BCUT2D eigenvalue weighted by Crippen LogP contribution is -2.55. The van der Waals surface area contributed by atoms with Gasteiger partial charge in [-0.05, 0) is 19.4 Å². The van der Waals surface area contributed by atoms with Crippen LogP contribution in [0, 0.1) is 11.6 Å². The van der Waals surface area contributed by atoms with E-state index >= 15 is 0 Å². The summed E-state index contributed by atoms with van der Waals surface area (Å²) in [6, 6.07) is 0.191. The van der Waals surface area contributed by atoms with Gasteiger partial charge in [-0.25, -0.2) is 9.18 Å². The Labute approximate surface area is 155 Å². The van der Waals surface area contributed by atoms with Crippen molar-refractivity contribution in [2.24, 2.45) is 0 Å². The minimum atomic E-state index is -1.05. The Balaban J connectivity index is 1.95. The maximum absolute atomic E-state index is 14.2. The summed E-state index contributed by atoms with van der Waals surface area (Å²) < 4.78 is 37.5. The van der Waals surface area contributed by atoms with Crippen LogP contribution in [0.5, 0.6) is 11.5 Å². The zero-order valence-electron chi connectivity index (χ0n) is 15.3. The highest BCUT2D eigenvalue weighted by Crippen LogP contribution is 2.36. The van der Waals surface area contributed by atoms with Crippen molar-refractivity contribution in [2.75, 3.05) is 32.6 Å². The number of anilines is 1. The predicted molar refractivity (Wildman–Crippen MR) is 93.3 cm³/mol. The molecule has 0 bridgehead atoms. The van der Waals surface area contributed by atoms with Gasteiger partial charge in [0.2, 0.25) is 5.82 Å². The molecule has 150 valence electrons. The number of carboxylic acids is 1. The van der Waals surface area contributed by atoms with Crippen molar-refractivity contribution in [3.8, 4) is 11.5 Å². The zero-order chi connectivity index (χ0) is 20.1. The van der Waals surface area contributed by atoms with E-state index < -0.39 is 29.4 Å². The molecule has 0 spiro atoms. The first-order valence-electron chi connectivity index (χ1n) is 8.43. The van der Waals surface area contributed by atoms with Crippen LogP contribution in [0.2, 0.25) is 0 Å². The van der Waals surface area contributed by atoms with Crippen molar-refractivity contribution in [2.45, 2.75) is 31.8 Å². The summed E-state index contributed by atoms with van der Waals surface area (Å²) in [4.78, 5) is 24.8. The number of methoxy groups -OCH3 is 2. The second-order valence-electron chi connectivity index (χ2n) is 6.16. The van der Waals surface area contributed by atoms with Gasteiger partial charge >= 0.3 is 12.0 Å². The number of benzene rings is 1. The van der Waals surface area contributed by atoms with Gasteiger partial charge in [0.25, 0.3) is 0 Å². The van der Waals surface area contributed by atoms with E-state index in [1.165, 1.54) is 7.11 Å². The first-order chi connectivity index (χ1) is 12.8. The lowest BCUT2D eigenvalue weighted by molar-refractivity contribution is -0.139. The molecule has 1 aliphatic rings. The van der Waals surface area contributed by atoms with Crippen LogP contribution in [-0.4, -0.2) is 61.4 Å². The third-order valence-electron chi connectivity index (χ3n) is 4.50. The molecule has 1 aromatic rings. The first kappa shape index (κ1) is 20.7. The van der Waals surface area contributed by atoms with Crippen LogP contribution in [0.1, 0.15) is 19.8 Å². The Kier molecular flexibility index (Phi) is 6.78. The molecule has 0 heterocycles. The fourth-order valence-corrected chi connectivity index (χ4v) is 3.08. The van der Waals surface area contributed by atoms with Gasteiger partial charge in [-0.3, -0.25) is 9.69 Å². The Bertz CT molecular complexity index is 710. The number of carboxylic acid groups (broad SMARTS) is 1. The topological polar surface area (TPSA) is 100 Å². The van der Waals surface area contributed by atoms with Crippen LogP contribution in [0.4, 0.5) is 19.3 Å². The molecule has 3 N–H and O–H groups in total. The number of rotatable bonds is 8. The van der Waals surface area contributed by atoms with Crippen molar-refractivity contribution < 1.29 is 33.0 Å². The molecule has 0 aliphatic heterocycles. The summed E-state index contributed by atoms with van der Waals surface area (Å²) in [5.41, 5.74) is -0.164. The van der Waals surface area contributed by atoms with E-state index in [0.29, 0.717) is 19.4 Å². The van der Waals surface area contributed by atoms with E-state index in [0.717, 1.165) is 13.2 Å². The molecule has 10 heteroatoms. The third-order valence-corrected chi connectivity index (χ3v) is 4.50. The standard InChI is InChI=1S/C17H23F2N3O5/c1-4-22(8-13(23)24)10-5-9(6-10)20-17(25)21-12-7-11(18)15(26-2)14(19)16(12)27-3/h7,9-10H,4-6,8H2,1-3H3,(H,23,24)(H2,20,21,25). The summed E-state index contributed by atoms with van der Waals surface area (Å²) in [6.45, 7) is 2.41. The molecule has 0 saturated heterocycles. The molecular formula is C17H23F2N3O5. The number of nitrogens with zero attached hydrogens (tertiary/aromatic N) is 1. The van der Waals surface area contributed by atoms with Crippen LogP contribution in [0.25, 0.3) is 0 Å². The summed E-state index contributed by atoms with van der Waals surface area (Å²) in [5.74, 6) is -3.86. The van der Waals surface area contributed by atoms with E-state index in [4.69, 9.17) is 9.84 Å². The van der Waals surface area contributed by atoms with Crippen LogP contribution in [0.15, 0.2) is 6.07 Å². The van der Waals surface area contributed by atoms with E-state index in [1.807, 2.05) is 11.8 Å². The zero-order valence-corrected chi connectivity index (χ0v) is 15.3. The minimum Gasteiger partial charge on any atom is -0.491 e. The molecule has 8 nitrogen and oxygen atoms in total. The summed E-state index contributed by atoms with van der Waals surface area (Å²) >= 11 is 0. The van der Waals surface area contributed by atoms with E-state index in [2.05, 4.69) is 15.4 Å². The number of nitrogens with one attached hydrogen (secondary N) is 2. The lowest BCUT2D eigenvalue weighted by Gasteiger charge is -2.42. The van der Waals surface area contributed by atoms with E-state index in [-0.39, 0.29) is 30.1 Å². The molecule has 1 fully saturated rings. The monoisotopic (exact) mass is 387 g/mol. The smallest absolute Gasteiger partial charge is 0.319 e. The second kappa shape index (κ2) is 8.85. The van der Waals surface area contributed by atoms with Crippen molar-refractivity contribution in [3.63, 3.8) is 0 Å². The molecule has 1 aromatic carbocycles. The van der Waals surface area contributed by atoms with Crippen LogP contribution in [-0.2, 0) is 4.79 Å². The highest BCUT2D eigenvalue weighted by atomic mass is 19.1. The molecule has 0 atom stereocenters. The molecule has 1 aliphatic carbocycles. The fourth-order valence-electron chi connectivity index (χ4n) is 3.08. The Morgan fingerprint density at radius 1 is 1.26 bits per heavy atom. The fraction of sp³-hybridized carbons (Fsp3) is 0.529. The van der Waals surface area contributed by atoms with Crippen molar-refractivity contribution in [3.05, 3.63) is 17.7 Å². The lowest BCUT2D eigenvalue weighted by atomic mass is 9.85. The molecule has 2 amide bonds. The Hall–Kier alpha value is -2.62. The number of likely N-dealkylation sites (N-methyl/N-ethyl adjacent to an activating group) is 1. The van der Waals surface area contributed by atoms with Crippen LogP contribution >= 0.6 is 0 Å². The number of hydrogen-bond donors (Lipinski definition) is 3. The first-order valence-corrected chi connectivity index (χ1v) is 8.43. The average Bonchev–Trinajstić information content (AvgIpc) is 2.56. The number of urea groups is 1. The second-order valence-corrected chi connectivity index (χ2v) is 6.16. The summed E-state index contributed by atoms with van der Waals surface area (Å²) in [6.07, 6.45) is 1.19. The highest BCUT2D eigenvalue weighted by molar-refractivity contribution is 5.91. The van der Waals surface area contributed by atoms with Gasteiger partial charge in [0.1, 0.15) is 0 Å². The number of hydrogen-bond acceptors (Lipinski definition) is 5. The number of halogens is 2. The normalized spacial score (nSPS) is 18.6. The number of aliphatic carboxylic acids is 1. The number of carbonyl (C=O) groups excluding carboxylic acids is 1. The number of ether oxygens (including phenoxy) is 2. The van der Waals surface area contributed by atoms with Gasteiger partial charge < -0.3 is 25.2 Å². The van der Waals surface area contributed by atoms with Crippen molar-refractivity contribution >= 4 is 17.7 Å². The van der Waals surface area contributed by atoms with Crippen molar-refractivity contribution in [1.29, 1.82) is 0 Å². The molecule has 1 saturated carbocycles. The largest absolute Gasteiger partial charge is 0.491 e. The van der Waals surface area contributed by atoms with Crippen LogP contribution in [0.3, 0.4) is 0 Å². The van der Waals surface area contributed by atoms with Gasteiger partial charge in [-0.15, -0.1) is 0 Å². The predicted octanol–water partition coefficient (Wildman–Crippen LogP) is 2.04. The minimum absolute atomic E-state index is 0.0539. The summed E-state index contributed by atoms with van der Waals surface area (Å²) in [5, 5.41) is 13.9. The van der Waals surface area contributed by atoms with Crippen LogP contribution < -0.4 is 20.1 Å². The molecular weight excluding hydrogens is 364 g/mol. The molecule has 0 aromatic heterocycles.